The van der Waals surface area contributed by atoms with Crippen LogP contribution in [0.4, 0.5) is 10.8 Å². The Morgan fingerprint density at radius 3 is 2.69 bits per heavy atom. The van der Waals surface area contributed by atoms with E-state index in [9.17, 15) is 13.2 Å². The summed E-state index contributed by atoms with van der Waals surface area (Å²) in [5.41, 5.74) is 1.24. The molecule has 0 aliphatic heterocycles. The molecule has 0 radical (unpaired) electrons. The average Bonchev–Trinajstić information content (AvgIpc) is 3.07. The first kappa shape index (κ1) is 18.6. The molecule has 0 aliphatic rings. The molecule has 0 spiro atoms. The van der Waals surface area contributed by atoms with Crippen LogP contribution in [-0.2, 0) is 10.0 Å². The number of anilines is 2. The molecule has 0 unspecified atom stereocenters. The molecule has 0 bridgehead atoms. The van der Waals surface area contributed by atoms with E-state index in [1.165, 1.54) is 23.5 Å². The van der Waals surface area contributed by atoms with E-state index in [1.54, 1.807) is 41.9 Å². The van der Waals surface area contributed by atoms with Crippen molar-refractivity contribution in [2.24, 2.45) is 0 Å². The summed E-state index contributed by atoms with van der Waals surface area (Å²) in [5, 5.41) is 4.84. The van der Waals surface area contributed by atoms with Gasteiger partial charge in [-0.05, 0) is 42.8 Å². The molecule has 1 amide bonds. The van der Waals surface area contributed by atoms with Crippen LogP contribution in [0.3, 0.4) is 0 Å². The summed E-state index contributed by atoms with van der Waals surface area (Å²) in [5.74, 6) is -0.438. The number of hydrogen-bond acceptors (Lipinski definition) is 5. The lowest BCUT2D eigenvalue weighted by Crippen LogP contribution is -2.18. The largest absolute Gasteiger partial charge is 0.298 e. The highest BCUT2D eigenvalue weighted by Crippen LogP contribution is 2.24. The molecule has 1 heterocycles. The standard InChI is InChI=1S/C17H14BrN3O3S2/c1-11-5-6-14(16(22)20-17-19-7-8-25-17)15(9-11)21-26(23,24)13-4-2-3-12(18)10-13/h2-10,21H,1H3,(H,19,20,22). The van der Waals surface area contributed by atoms with Gasteiger partial charge in [-0.2, -0.15) is 0 Å². The van der Waals surface area contributed by atoms with Gasteiger partial charge in [0.2, 0.25) is 0 Å². The van der Waals surface area contributed by atoms with Gasteiger partial charge >= 0.3 is 0 Å². The van der Waals surface area contributed by atoms with E-state index < -0.39 is 15.9 Å². The molecule has 0 saturated carbocycles. The molecule has 6 nitrogen and oxygen atoms in total. The number of carbonyl (C=O) groups excluding carboxylic acids is 1. The van der Waals surface area contributed by atoms with Crippen LogP contribution in [0, 0.1) is 6.92 Å². The number of rotatable bonds is 5. The number of hydrogen-bond donors (Lipinski definition) is 2. The minimum Gasteiger partial charge on any atom is -0.298 e. The number of nitrogens with one attached hydrogen (secondary N) is 2. The maximum atomic E-state index is 12.7. The fourth-order valence-corrected chi connectivity index (χ4v) is 4.42. The Hall–Kier alpha value is -2.23. The highest BCUT2D eigenvalue weighted by Gasteiger charge is 2.19. The summed E-state index contributed by atoms with van der Waals surface area (Å²) in [6, 6.07) is 11.3. The van der Waals surface area contributed by atoms with Gasteiger partial charge < -0.3 is 0 Å². The van der Waals surface area contributed by atoms with Crippen LogP contribution in [-0.4, -0.2) is 19.3 Å². The number of carbonyl (C=O) groups is 1. The van der Waals surface area contributed by atoms with E-state index in [2.05, 4.69) is 31.0 Å². The van der Waals surface area contributed by atoms with E-state index in [1.807, 2.05) is 6.92 Å². The lowest BCUT2D eigenvalue weighted by atomic mass is 10.1. The fraction of sp³-hybridized carbons (Fsp3) is 0.0588. The van der Waals surface area contributed by atoms with E-state index in [0.29, 0.717) is 9.60 Å². The van der Waals surface area contributed by atoms with Gasteiger partial charge in [-0.3, -0.25) is 14.8 Å². The van der Waals surface area contributed by atoms with Crippen molar-refractivity contribution in [3.63, 3.8) is 0 Å². The number of aryl methyl sites for hydroxylation is 1. The van der Waals surface area contributed by atoms with Gasteiger partial charge in [-0.25, -0.2) is 13.4 Å². The highest BCUT2D eigenvalue weighted by molar-refractivity contribution is 9.10. The number of aromatic nitrogens is 1. The van der Waals surface area contributed by atoms with Gasteiger partial charge in [0.15, 0.2) is 5.13 Å². The van der Waals surface area contributed by atoms with E-state index in [4.69, 9.17) is 0 Å². The average molecular weight is 452 g/mol. The number of amides is 1. The molecule has 3 rings (SSSR count). The van der Waals surface area contributed by atoms with Crippen LogP contribution in [0.15, 0.2) is 63.4 Å². The van der Waals surface area contributed by atoms with Gasteiger partial charge in [0.05, 0.1) is 16.1 Å². The van der Waals surface area contributed by atoms with Crippen molar-refractivity contribution in [1.29, 1.82) is 0 Å². The van der Waals surface area contributed by atoms with E-state index >= 15 is 0 Å². The van der Waals surface area contributed by atoms with Crippen LogP contribution < -0.4 is 10.0 Å². The smallest absolute Gasteiger partial charge is 0.261 e. The summed E-state index contributed by atoms with van der Waals surface area (Å²) in [6.07, 6.45) is 1.58. The zero-order valence-electron chi connectivity index (χ0n) is 13.6. The molecule has 9 heteroatoms. The third kappa shape index (κ3) is 4.29. The number of nitrogens with zero attached hydrogens (tertiary/aromatic N) is 1. The third-order valence-corrected chi connectivity index (χ3v) is 5.97. The fourth-order valence-electron chi connectivity index (χ4n) is 2.23. The second kappa shape index (κ2) is 7.56. The summed E-state index contributed by atoms with van der Waals surface area (Å²) in [7, 11) is -3.84. The summed E-state index contributed by atoms with van der Waals surface area (Å²) in [6.45, 7) is 1.82. The second-order valence-corrected chi connectivity index (χ2v) is 8.90. The minimum absolute atomic E-state index is 0.0969. The van der Waals surface area contributed by atoms with Crippen molar-refractivity contribution < 1.29 is 13.2 Å². The first-order valence-electron chi connectivity index (χ1n) is 7.45. The molecule has 0 saturated heterocycles. The molecular formula is C17H14BrN3O3S2. The van der Waals surface area contributed by atoms with E-state index in [-0.39, 0.29) is 16.1 Å². The van der Waals surface area contributed by atoms with Crippen LogP contribution in [0.25, 0.3) is 0 Å². The Balaban J connectivity index is 1.94. The van der Waals surface area contributed by atoms with Crippen LogP contribution in [0.2, 0.25) is 0 Å². The molecule has 0 aliphatic carbocycles. The van der Waals surface area contributed by atoms with Crippen molar-refractivity contribution >= 4 is 54.0 Å². The summed E-state index contributed by atoms with van der Waals surface area (Å²) < 4.78 is 28.5. The number of halogens is 1. The van der Waals surface area contributed by atoms with Gasteiger partial charge in [0, 0.05) is 16.0 Å². The number of thiazole rings is 1. The van der Waals surface area contributed by atoms with Crippen molar-refractivity contribution in [1.82, 2.24) is 4.98 Å². The molecule has 2 aromatic carbocycles. The lowest BCUT2D eigenvalue weighted by molar-refractivity contribution is 0.102. The maximum absolute atomic E-state index is 12.7. The molecule has 2 N–H and O–H groups in total. The van der Waals surface area contributed by atoms with Crippen molar-refractivity contribution in [2.75, 3.05) is 10.0 Å². The molecule has 134 valence electrons. The summed E-state index contributed by atoms with van der Waals surface area (Å²) >= 11 is 4.54. The zero-order chi connectivity index (χ0) is 18.7. The zero-order valence-corrected chi connectivity index (χ0v) is 16.8. The molecule has 3 aromatic rings. The highest BCUT2D eigenvalue weighted by atomic mass is 79.9. The van der Waals surface area contributed by atoms with Gasteiger partial charge in [0.1, 0.15) is 0 Å². The Morgan fingerprint density at radius 2 is 2.00 bits per heavy atom. The first-order chi connectivity index (χ1) is 12.3. The maximum Gasteiger partial charge on any atom is 0.261 e. The van der Waals surface area contributed by atoms with Crippen molar-refractivity contribution in [3.8, 4) is 0 Å². The molecule has 26 heavy (non-hydrogen) atoms. The molecule has 1 aromatic heterocycles. The van der Waals surface area contributed by atoms with Gasteiger partial charge in [-0.1, -0.05) is 28.1 Å². The third-order valence-electron chi connectivity index (χ3n) is 3.42. The van der Waals surface area contributed by atoms with Crippen molar-refractivity contribution in [2.45, 2.75) is 11.8 Å². The lowest BCUT2D eigenvalue weighted by Gasteiger charge is -2.13. The quantitative estimate of drug-likeness (QED) is 0.606. The molecular weight excluding hydrogens is 438 g/mol. The predicted octanol–water partition coefficient (Wildman–Crippen LogP) is 4.27. The molecule has 0 fully saturated rings. The van der Waals surface area contributed by atoms with Crippen LogP contribution in [0.5, 0.6) is 0 Å². The Morgan fingerprint density at radius 1 is 1.19 bits per heavy atom. The Kier molecular flexibility index (Phi) is 5.40. The topological polar surface area (TPSA) is 88.2 Å². The SMILES string of the molecule is Cc1ccc(C(=O)Nc2nccs2)c(NS(=O)(=O)c2cccc(Br)c2)c1. The van der Waals surface area contributed by atoms with Crippen LogP contribution in [0.1, 0.15) is 15.9 Å². The predicted molar refractivity (Wildman–Crippen MR) is 106 cm³/mol. The number of benzene rings is 2. The van der Waals surface area contributed by atoms with Gasteiger partial charge in [0.25, 0.3) is 15.9 Å². The normalized spacial score (nSPS) is 11.2. The number of sulfonamides is 1. The first-order valence-corrected chi connectivity index (χ1v) is 10.6. The molecule has 0 atom stereocenters. The van der Waals surface area contributed by atoms with Gasteiger partial charge in [-0.15, -0.1) is 11.3 Å². The van der Waals surface area contributed by atoms with Crippen LogP contribution >= 0.6 is 27.3 Å². The Bertz CT molecular complexity index is 1050. The summed E-state index contributed by atoms with van der Waals surface area (Å²) in [4.78, 5) is 16.6. The van der Waals surface area contributed by atoms with Crippen molar-refractivity contribution in [3.05, 3.63) is 69.6 Å². The van der Waals surface area contributed by atoms with E-state index in [0.717, 1.165) is 5.56 Å². The minimum atomic E-state index is -3.84. The Labute approximate surface area is 163 Å². The monoisotopic (exact) mass is 451 g/mol. The second-order valence-electron chi connectivity index (χ2n) is 5.40.